The van der Waals surface area contributed by atoms with E-state index in [0.717, 1.165) is 33.1 Å². The van der Waals surface area contributed by atoms with E-state index in [4.69, 9.17) is 4.74 Å². The first-order chi connectivity index (χ1) is 14.7. The standard InChI is InChI=1S/C24H25N3O3S/c1-13-6-7-14(2)19(10-13)26-23(28)15(3)27-21-11-18(20-12-31-17(5)25-20)8-9-22(21)30-16(4)24(27)29/h6-12,15-16H,1-5H3,(H,26,28). The summed E-state index contributed by atoms with van der Waals surface area (Å²) in [5.74, 6) is 0.0777. The number of anilines is 2. The molecule has 31 heavy (non-hydrogen) atoms. The number of nitrogens with zero attached hydrogens (tertiary/aromatic N) is 2. The van der Waals surface area contributed by atoms with Crippen LogP contribution in [-0.4, -0.2) is 28.9 Å². The van der Waals surface area contributed by atoms with Crippen LogP contribution in [0.25, 0.3) is 11.3 Å². The van der Waals surface area contributed by atoms with Crippen LogP contribution in [0.1, 0.15) is 30.0 Å². The molecule has 0 fully saturated rings. The number of carbonyl (C=O) groups excluding carboxylic acids is 2. The van der Waals surface area contributed by atoms with Gasteiger partial charge in [-0.25, -0.2) is 4.98 Å². The molecule has 1 aromatic heterocycles. The highest BCUT2D eigenvalue weighted by atomic mass is 32.1. The molecule has 2 amide bonds. The van der Waals surface area contributed by atoms with E-state index in [1.165, 1.54) is 4.90 Å². The van der Waals surface area contributed by atoms with Gasteiger partial charge in [0.1, 0.15) is 11.8 Å². The third-order valence-electron chi connectivity index (χ3n) is 5.44. The number of benzene rings is 2. The van der Waals surface area contributed by atoms with Crippen molar-refractivity contribution in [3.63, 3.8) is 0 Å². The number of thiazole rings is 1. The molecule has 2 heterocycles. The highest BCUT2D eigenvalue weighted by Gasteiger charge is 2.37. The molecule has 0 saturated carbocycles. The monoisotopic (exact) mass is 435 g/mol. The lowest BCUT2D eigenvalue weighted by molar-refractivity contribution is -0.128. The smallest absolute Gasteiger partial charge is 0.268 e. The number of amides is 2. The molecule has 6 nitrogen and oxygen atoms in total. The van der Waals surface area contributed by atoms with Crippen LogP contribution in [0.2, 0.25) is 0 Å². The van der Waals surface area contributed by atoms with Gasteiger partial charge in [0.2, 0.25) is 5.91 Å². The fourth-order valence-electron chi connectivity index (χ4n) is 3.64. The number of ether oxygens (including phenoxy) is 1. The van der Waals surface area contributed by atoms with Gasteiger partial charge in [0, 0.05) is 16.6 Å². The van der Waals surface area contributed by atoms with Crippen molar-refractivity contribution in [1.82, 2.24) is 4.98 Å². The molecule has 2 unspecified atom stereocenters. The Morgan fingerprint density at radius 2 is 1.97 bits per heavy atom. The molecule has 0 radical (unpaired) electrons. The molecule has 3 aromatic rings. The molecule has 160 valence electrons. The summed E-state index contributed by atoms with van der Waals surface area (Å²) in [6.07, 6.45) is -0.671. The minimum Gasteiger partial charge on any atom is -0.479 e. The zero-order valence-corrected chi connectivity index (χ0v) is 19.0. The summed E-state index contributed by atoms with van der Waals surface area (Å²) in [5, 5.41) is 5.92. The summed E-state index contributed by atoms with van der Waals surface area (Å²) in [5.41, 5.74) is 5.06. The van der Waals surface area contributed by atoms with Crippen LogP contribution in [-0.2, 0) is 9.59 Å². The zero-order valence-electron chi connectivity index (χ0n) is 18.2. The van der Waals surface area contributed by atoms with Crippen LogP contribution >= 0.6 is 11.3 Å². The molecule has 1 aliphatic heterocycles. The van der Waals surface area contributed by atoms with Crippen molar-refractivity contribution in [2.45, 2.75) is 46.8 Å². The van der Waals surface area contributed by atoms with Gasteiger partial charge in [-0.3, -0.25) is 14.5 Å². The van der Waals surface area contributed by atoms with E-state index < -0.39 is 12.1 Å². The number of aromatic nitrogens is 1. The molecule has 0 bridgehead atoms. The molecule has 0 saturated heterocycles. The molecule has 2 aromatic carbocycles. The topological polar surface area (TPSA) is 71.5 Å². The Morgan fingerprint density at radius 3 is 2.68 bits per heavy atom. The molecule has 4 rings (SSSR count). The van der Waals surface area contributed by atoms with Crippen molar-refractivity contribution in [1.29, 1.82) is 0 Å². The molecule has 2 atom stereocenters. The predicted octanol–water partition coefficient (Wildman–Crippen LogP) is 4.88. The molecule has 1 N–H and O–H groups in total. The van der Waals surface area contributed by atoms with Crippen LogP contribution in [0.4, 0.5) is 11.4 Å². The van der Waals surface area contributed by atoms with Crippen LogP contribution in [0.3, 0.4) is 0 Å². The normalized spacial score (nSPS) is 16.5. The zero-order chi connectivity index (χ0) is 22.3. The maximum atomic E-state index is 13.1. The maximum absolute atomic E-state index is 13.1. The first kappa shape index (κ1) is 21.1. The maximum Gasteiger partial charge on any atom is 0.268 e. The summed E-state index contributed by atoms with van der Waals surface area (Å²) in [6.45, 7) is 9.31. The number of hydrogen-bond donors (Lipinski definition) is 1. The molecular weight excluding hydrogens is 410 g/mol. The lowest BCUT2D eigenvalue weighted by Crippen LogP contribution is -2.52. The number of nitrogens with one attached hydrogen (secondary N) is 1. The third kappa shape index (κ3) is 4.05. The van der Waals surface area contributed by atoms with Crippen LogP contribution in [0.15, 0.2) is 41.8 Å². The van der Waals surface area contributed by atoms with Gasteiger partial charge in [0.05, 0.1) is 16.4 Å². The third-order valence-corrected chi connectivity index (χ3v) is 6.21. The summed E-state index contributed by atoms with van der Waals surface area (Å²) in [6, 6.07) is 10.8. The molecule has 0 aliphatic carbocycles. The van der Waals surface area contributed by atoms with Crippen molar-refractivity contribution in [2.75, 3.05) is 10.2 Å². The van der Waals surface area contributed by atoms with Gasteiger partial charge in [0.15, 0.2) is 6.10 Å². The fraction of sp³-hybridized carbons (Fsp3) is 0.292. The fourth-order valence-corrected chi connectivity index (χ4v) is 4.26. The Labute approximate surface area is 185 Å². The second kappa shape index (κ2) is 8.15. The Morgan fingerprint density at radius 1 is 1.19 bits per heavy atom. The lowest BCUT2D eigenvalue weighted by Gasteiger charge is -2.36. The second-order valence-electron chi connectivity index (χ2n) is 7.89. The summed E-state index contributed by atoms with van der Waals surface area (Å²) in [4.78, 5) is 32.3. The van der Waals surface area contributed by atoms with Crippen molar-refractivity contribution in [2.24, 2.45) is 0 Å². The van der Waals surface area contributed by atoms with Crippen molar-refractivity contribution < 1.29 is 14.3 Å². The summed E-state index contributed by atoms with van der Waals surface area (Å²) >= 11 is 1.57. The molecular formula is C24H25N3O3S. The van der Waals surface area contributed by atoms with Crippen molar-refractivity contribution >= 4 is 34.5 Å². The predicted molar refractivity (Wildman–Crippen MR) is 124 cm³/mol. The van der Waals surface area contributed by atoms with Gasteiger partial charge in [-0.1, -0.05) is 12.1 Å². The Bertz CT molecular complexity index is 1170. The number of carbonyl (C=O) groups is 2. The van der Waals surface area contributed by atoms with Crippen molar-refractivity contribution in [3.8, 4) is 17.0 Å². The van der Waals surface area contributed by atoms with Crippen LogP contribution in [0.5, 0.6) is 5.75 Å². The SMILES string of the molecule is Cc1ccc(C)c(NC(=O)C(C)N2C(=O)C(C)Oc3ccc(-c4csc(C)n4)cc32)c1. The van der Waals surface area contributed by atoms with Gasteiger partial charge in [-0.05, 0) is 70.0 Å². The molecule has 0 spiro atoms. The number of rotatable bonds is 4. The summed E-state index contributed by atoms with van der Waals surface area (Å²) < 4.78 is 5.81. The van der Waals surface area contributed by atoms with Gasteiger partial charge in [-0.2, -0.15) is 0 Å². The van der Waals surface area contributed by atoms with Crippen LogP contribution in [0, 0.1) is 20.8 Å². The quantitative estimate of drug-likeness (QED) is 0.634. The van der Waals surface area contributed by atoms with E-state index in [9.17, 15) is 9.59 Å². The number of hydrogen-bond acceptors (Lipinski definition) is 5. The van der Waals surface area contributed by atoms with E-state index in [0.29, 0.717) is 11.4 Å². The van der Waals surface area contributed by atoms with E-state index >= 15 is 0 Å². The van der Waals surface area contributed by atoms with Crippen molar-refractivity contribution in [3.05, 3.63) is 57.9 Å². The number of fused-ring (bicyclic) bond motifs is 1. The van der Waals surface area contributed by atoms with E-state index in [-0.39, 0.29) is 11.8 Å². The van der Waals surface area contributed by atoms with Gasteiger partial charge in [0.25, 0.3) is 5.91 Å². The minimum atomic E-state index is -0.718. The Balaban J connectivity index is 1.69. The van der Waals surface area contributed by atoms with E-state index in [1.54, 1.807) is 25.2 Å². The van der Waals surface area contributed by atoms with Crippen LogP contribution < -0.4 is 15.0 Å². The van der Waals surface area contributed by atoms with E-state index in [1.807, 2.05) is 62.5 Å². The first-order valence-corrected chi connectivity index (χ1v) is 11.1. The average molecular weight is 436 g/mol. The highest BCUT2D eigenvalue weighted by molar-refractivity contribution is 7.09. The first-order valence-electron chi connectivity index (χ1n) is 10.2. The lowest BCUT2D eigenvalue weighted by atomic mass is 10.1. The Hall–Kier alpha value is -3.19. The molecule has 1 aliphatic rings. The van der Waals surface area contributed by atoms with E-state index in [2.05, 4.69) is 10.3 Å². The van der Waals surface area contributed by atoms with Gasteiger partial charge < -0.3 is 10.1 Å². The summed E-state index contributed by atoms with van der Waals surface area (Å²) in [7, 11) is 0. The number of aryl methyl sites for hydroxylation is 3. The van der Waals surface area contributed by atoms with Gasteiger partial charge in [-0.15, -0.1) is 11.3 Å². The average Bonchev–Trinajstić information content (AvgIpc) is 3.17. The highest BCUT2D eigenvalue weighted by Crippen LogP contribution is 2.39. The van der Waals surface area contributed by atoms with Gasteiger partial charge >= 0.3 is 0 Å². The second-order valence-corrected chi connectivity index (χ2v) is 8.95. The largest absolute Gasteiger partial charge is 0.479 e. The Kier molecular flexibility index (Phi) is 5.54. The molecule has 7 heteroatoms. The minimum absolute atomic E-state index is 0.247.